The summed E-state index contributed by atoms with van der Waals surface area (Å²) in [5.74, 6) is -0.442. The Labute approximate surface area is 207 Å². The van der Waals surface area contributed by atoms with Crippen LogP contribution in [0.15, 0.2) is 71.6 Å². The quantitative estimate of drug-likeness (QED) is 0.333. The molecule has 0 spiro atoms. The molecule has 0 radical (unpaired) electrons. The number of anilines is 2. The van der Waals surface area contributed by atoms with Gasteiger partial charge in [-0.05, 0) is 48.0 Å². The third-order valence-electron chi connectivity index (χ3n) is 4.71. The minimum Gasteiger partial charge on any atom is -0.495 e. The third-order valence-corrected chi connectivity index (χ3v) is 5.86. The van der Waals surface area contributed by atoms with Crippen molar-refractivity contribution in [2.75, 3.05) is 24.4 Å². The predicted molar refractivity (Wildman–Crippen MR) is 133 cm³/mol. The fourth-order valence-electron chi connectivity index (χ4n) is 3.08. The van der Waals surface area contributed by atoms with E-state index in [1.807, 2.05) is 24.3 Å². The van der Waals surface area contributed by atoms with Gasteiger partial charge in [0.1, 0.15) is 5.75 Å². The Morgan fingerprint density at radius 2 is 1.74 bits per heavy atom. The second-order valence-corrected chi connectivity index (χ2v) is 8.33. The largest absolute Gasteiger partial charge is 0.495 e. The zero-order valence-corrected chi connectivity index (χ0v) is 20.0. The third kappa shape index (κ3) is 7.35. The maximum atomic E-state index is 12.7. The maximum Gasteiger partial charge on any atom is 0.339 e. The standard InChI is InChI=1S/C26H23N3O5S/c1-17(30)28-20-11-12-23(33-2)22(13-20)29-25(31)15-34-26(32)21-5-3-4-6-24(21)35-16-19-9-7-18(14-27)8-10-19/h3-13H,15-16H2,1-2H3,(H,28,30)(H,29,31). The van der Waals surface area contributed by atoms with E-state index in [0.717, 1.165) is 5.56 Å². The first-order chi connectivity index (χ1) is 16.9. The van der Waals surface area contributed by atoms with Crippen LogP contribution in [0, 0.1) is 11.3 Å². The van der Waals surface area contributed by atoms with Gasteiger partial charge in [-0.3, -0.25) is 9.59 Å². The Morgan fingerprint density at radius 3 is 2.43 bits per heavy atom. The summed E-state index contributed by atoms with van der Waals surface area (Å²) in [5, 5.41) is 14.2. The van der Waals surface area contributed by atoms with E-state index >= 15 is 0 Å². The molecule has 3 rings (SSSR count). The summed E-state index contributed by atoms with van der Waals surface area (Å²) in [6.45, 7) is 0.878. The predicted octanol–water partition coefficient (Wildman–Crippen LogP) is 4.61. The number of carbonyl (C=O) groups excluding carboxylic acids is 3. The number of hydrogen-bond acceptors (Lipinski definition) is 7. The molecule has 3 aromatic carbocycles. The summed E-state index contributed by atoms with van der Waals surface area (Å²) < 4.78 is 10.5. The van der Waals surface area contributed by atoms with Gasteiger partial charge in [0.15, 0.2) is 6.61 Å². The average Bonchev–Trinajstić information content (AvgIpc) is 2.86. The summed E-state index contributed by atoms with van der Waals surface area (Å²) in [6, 6.07) is 21.1. The van der Waals surface area contributed by atoms with E-state index in [1.54, 1.807) is 42.5 Å². The fraction of sp³-hybridized carbons (Fsp3) is 0.154. The van der Waals surface area contributed by atoms with Crippen LogP contribution in [0.1, 0.15) is 28.4 Å². The highest BCUT2D eigenvalue weighted by atomic mass is 32.2. The minimum absolute atomic E-state index is 0.253. The number of thioether (sulfide) groups is 1. The molecule has 0 saturated carbocycles. The van der Waals surface area contributed by atoms with Gasteiger partial charge in [-0.15, -0.1) is 11.8 Å². The van der Waals surface area contributed by atoms with Crippen LogP contribution in [0.25, 0.3) is 0 Å². The van der Waals surface area contributed by atoms with Crippen molar-refractivity contribution in [1.29, 1.82) is 5.26 Å². The Balaban J connectivity index is 1.61. The van der Waals surface area contributed by atoms with Crippen LogP contribution in [0.2, 0.25) is 0 Å². The highest BCUT2D eigenvalue weighted by Gasteiger charge is 2.16. The molecule has 0 saturated heterocycles. The van der Waals surface area contributed by atoms with E-state index in [0.29, 0.717) is 38.9 Å². The number of carbonyl (C=O) groups is 3. The van der Waals surface area contributed by atoms with Crippen molar-refractivity contribution in [3.8, 4) is 11.8 Å². The summed E-state index contributed by atoms with van der Waals surface area (Å²) in [4.78, 5) is 37.1. The molecule has 2 amide bonds. The van der Waals surface area contributed by atoms with Crippen LogP contribution in [-0.2, 0) is 20.1 Å². The van der Waals surface area contributed by atoms with Gasteiger partial charge < -0.3 is 20.1 Å². The average molecular weight is 490 g/mol. The van der Waals surface area contributed by atoms with Gasteiger partial charge >= 0.3 is 5.97 Å². The Bertz CT molecular complexity index is 1270. The van der Waals surface area contributed by atoms with E-state index in [-0.39, 0.29) is 5.91 Å². The highest BCUT2D eigenvalue weighted by Crippen LogP contribution is 2.29. The first-order valence-electron chi connectivity index (χ1n) is 10.5. The number of esters is 1. The van der Waals surface area contributed by atoms with Crippen molar-refractivity contribution in [2.45, 2.75) is 17.6 Å². The molecule has 0 aliphatic rings. The number of hydrogen-bond donors (Lipinski definition) is 2. The molecule has 0 bridgehead atoms. The van der Waals surface area contributed by atoms with Crippen molar-refractivity contribution >= 4 is 40.9 Å². The van der Waals surface area contributed by atoms with Gasteiger partial charge in [-0.2, -0.15) is 5.26 Å². The van der Waals surface area contributed by atoms with Crippen LogP contribution >= 0.6 is 11.8 Å². The molecule has 0 aromatic heterocycles. The molecule has 2 N–H and O–H groups in total. The van der Waals surface area contributed by atoms with Crippen molar-refractivity contribution in [3.63, 3.8) is 0 Å². The van der Waals surface area contributed by atoms with Gasteiger partial charge in [-0.25, -0.2) is 4.79 Å². The molecular formula is C26H23N3O5S. The van der Waals surface area contributed by atoms with E-state index in [1.165, 1.54) is 25.8 Å². The molecule has 0 fully saturated rings. The Kier molecular flexibility index (Phi) is 8.87. The first kappa shape index (κ1) is 25.3. The summed E-state index contributed by atoms with van der Waals surface area (Å²) in [5.41, 5.74) is 2.76. The number of nitrogens with zero attached hydrogens (tertiary/aromatic N) is 1. The number of amides is 2. The molecule has 9 heteroatoms. The Hall–Kier alpha value is -4.29. The lowest BCUT2D eigenvalue weighted by molar-refractivity contribution is -0.119. The molecule has 3 aromatic rings. The molecule has 178 valence electrons. The zero-order valence-electron chi connectivity index (χ0n) is 19.2. The fourth-order valence-corrected chi connectivity index (χ4v) is 4.08. The summed E-state index contributed by atoms with van der Waals surface area (Å²) >= 11 is 1.45. The topological polar surface area (TPSA) is 118 Å². The van der Waals surface area contributed by atoms with E-state index in [4.69, 9.17) is 14.7 Å². The molecule has 0 aliphatic heterocycles. The normalized spacial score (nSPS) is 10.1. The smallest absolute Gasteiger partial charge is 0.339 e. The van der Waals surface area contributed by atoms with Crippen molar-refractivity contribution in [1.82, 2.24) is 0 Å². The second-order valence-electron chi connectivity index (χ2n) is 7.31. The van der Waals surface area contributed by atoms with E-state index in [2.05, 4.69) is 16.7 Å². The summed E-state index contributed by atoms with van der Waals surface area (Å²) in [7, 11) is 1.45. The number of benzene rings is 3. The van der Waals surface area contributed by atoms with Crippen LogP contribution in [-0.4, -0.2) is 31.5 Å². The molecule has 0 unspecified atom stereocenters. The van der Waals surface area contributed by atoms with Gasteiger partial charge in [0.2, 0.25) is 5.91 Å². The van der Waals surface area contributed by atoms with Gasteiger partial charge in [0.25, 0.3) is 5.91 Å². The molecule has 0 atom stereocenters. The SMILES string of the molecule is COc1ccc(NC(C)=O)cc1NC(=O)COC(=O)c1ccccc1SCc1ccc(C#N)cc1. The van der Waals surface area contributed by atoms with Crippen molar-refractivity contribution in [3.05, 3.63) is 83.4 Å². The number of methoxy groups -OCH3 is 1. The minimum atomic E-state index is -0.623. The monoisotopic (exact) mass is 489 g/mol. The molecule has 8 nitrogen and oxygen atoms in total. The second kappa shape index (κ2) is 12.3. The molecular weight excluding hydrogens is 466 g/mol. The van der Waals surface area contributed by atoms with Gasteiger partial charge in [0.05, 0.1) is 30.0 Å². The number of rotatable bonds is 9. The maximum absolute atomic E-state index is 12.7. The highest BCUT2D eigenvalue weighted by molar-refractivity contribution is 7.98. The number of ether oxygens (including phenoxy) is 2. The van der Waals surface area contributed by atoms with Crippen molar-refractivity contribution < 1.29 is 23.9 Å². The first-order valence-corrected chi connectivity index (χ1v) is 11.5. The molecule has 0 aliphatic carbocycles. The number of nitrogens with one attached hydrogen (secondary N) is 2. The summed E-state index contributed by atoms with van der Waals surface area (Å²) in [6.07, 6.45) is 0. The van der Waals surface area contributed by atoms with E-state index < -0.39 is 18.5 Å². The van der Waals surface area contributed by atoms with Crippen LogP contribution in [0.3, 0.4) is 0 Å². The van der Waals surface area contributed by atoms with E-state index in [9.17, 15) is 14.4 Å². The number of nitriles is 1. The van der Waals surface area contributed by atoms with Gasteiger partial charge in [0, 0.05) is 23.3 Å². The lowest BCUT2D eigenvalue weighted by atomic mass is 10.2. The lowest BCUT2D eigenvalue weighted by Gasteiger charge is -2.13. The van der Waals surface area contributed by atoms with Crippen LogP contribution in [0.4, 0.5) is 11.4 Å². The molecule has 0 heterocycles. The molecule has 35 heavy (non-hydrogen) atoms. The van der Waals surface area contributed by atoms with Crippen LogP contribution in [0.5, 0.6) is 5.75 Å². The van der Waals surface area contributed by atoms with Crippen molar-refractivity contribution in [2.24, 2.45) is 0 Å². The zero-order chi connectivity index (χ0) is 25.2. The Morgan fingerprint density at radius 1 is 1.00 bits per heavy atom. The lowest BCUT2D eigenvalue weighted by Crippen LogP contribution is -2.21. The van der Waals surface area contributed by atoms with Gasteiger partial charge in [-0.1, -0.05) is 24.3 Å². The van der Waals surface area contributed by atoms with Crippen LogP contribution < -0.4 is 15.4 Å².